The van der Waals surface area contributed by atoms with E-state index in [1.165, 1.54) is 16.7 Å². The summed E-state index contributed by atoms with van der Waals surface area (Å²) in [4.78, 5) is 0. The normalized spacial score (nSPS) is 20.6. The molecule has 0 amide bonds. The molecule has 3 rings (SSSR count). The highest BCUT2D eigenvalue weighted by molar-refractivity contribution is 6.32. The summed E-state index contributed by atoms with van der Waals surface area (Å²) < 4.78 is 5.64. The summed E-state index contributed by atoms with van der Waals surface area (Å²) in [5.41, 5.74) is 3.21. The van der Waals surface area contributed by atoms with E-state index in [1.807, 2.05) is 6.07 Å². The van der Waals surface area contributed by atoms with Gasteiger partial charge >= 0.3 is 0 Å². The third-order valence-electron chi connectivity index (χ3n) is 3.89. The maximum Gasteiger partial charge on any atom is 0.141 e. The Hall–Kier alpha value is -0.730. The summed E-state index contributed by atoms with van der Waals surface area (Å²) in [6.45, 7) is 2.88. The fourth-order valence-electron chi connectivity index (χ4n) is 2.57. The highest BCUT2D eigenvalue weighted by Crippen LogP contribution is 2.42. The first-order valence-corrected chi connectivity index (χ1v) is 6.63. The number of benzene rings is 1. The molecule has 1 aromatic rings. The van der Waals surface area contributed by atoms with Crippen molar-refractivity contribution in [3.63, 3.8) is 0 Å². The van der Waals surface area contributed by atoms with Crippen LogP contribution in [0.5, 0.6) is 5.75 Å². The molecule has 0 aromatic heterocycles. The first kappa shape index (κ1) is 11.4. The lowest BCUT2D eigenvalue weighted by molar-refractivity contribution is 0.150. The third-order valence-corrected chi connectivity index (χ3v) is 4.17. The third kappa shape index (κ3) is 2.04. The molecule has 0 spiro atoms. The van der Waals surface area contributed by atoms with Crippen LogP contribution in [0.25, 0.3) is 0 Å². The van der Waals surface area contributed by atoms with Crippen LogP contribution in [-0.4, -0.2) is 17.3 Å². The van der Waals surface area contributed by atoms with Crippen molar-refractivity contribution in [1.82, 2.24) is 0 Å². The number of hydrogen-bond acceptors (Lipinski definition) is 2. The topological polar surface area (TPSA) is 29.5 Å². The molecule has 1 N–H and O–H groups in total. The Morgan fingerprint density at radius 1 is 1.47 bits per heavy atom. The molecule has 2 nitrogen and oxygen atoms in total. The summed E-state index contributed by atoms with van der Waals surface area (Å²) in [6.07, 6.45) is 4.65. The molecule has 1 aliphatic carbocycles. The van der Waals surface area contributed by atoms with Gasteiger partial charge in [-0.15, -0.1) is 0 Å². The van der Waals surface area contributed by atoms with E-state index in [9.17, 15) is 5.11 Å². The first-order chi connectivity index (χ1) is 8.09. The lowest BCUT2D eigenvalue weighted by Crippen LogP contribution is -2.15. The van der Waals surface area contributed by atoms with Gasteiger partial charge in [-0.05, 0) is 55.4 Å². The van der Waals surface area contributed by atoms with E-state index in [4.69, 9.17) is 16.3 Å². The molecule has 0 saturated heterocycles. The van der Waals surface area contributed by atoms with Gasteiger partial charge in [-0.25, -0.2) is 0 Å². The number of ether oxygens (including phenoxy) is 1. The zero-order valence-electron chi connectivity index (χ0n) is 10.1. The van der Waals surface area contributed by atoms with Crippen LogP contribution in [0.4, 0.5) is 0 Å². The quantitative estimate of drug-likeness (QED) is 0.877. The van der Waals surface area contributed by atoms with Gasteiger partial charge in [0.2, 0.25) is 0 Å². The van der Waals surface area contributed by atoms with E-state index in [1.54, 1.807) is 0 Å². The van der Waals surface area contributed by atoms with Crippen LogP contribution in [0.3, 0.4) is 0 Å². The minimum absolute atomic E-state index is 0.460. The Labute approximate surface area is 107 Å². The minimum Gasteiger partial charge on any atom is -0.492 e. The van der Waals surface area contributed by atoms with Crippen molar-refractivity contribution in [1.29, 1.82) is 0 Å². The number of halogens is 1. The molecule has 3 heteroatoms. The number of fused-ring (bicyclic) bond motifs is 1. The van der Waals surface area contributed by atoms with E-state index in [-0.39, 0.29) is 0 Å². The summed E-state index contributed by atoms with van der Waals surface area (Å²) in [7, 11) is 0. The van der Waals surface area contributed by atoms with Crippen LogP contribution >= 0.6 is 11.6 Å². The second-order valence-corrected chi connectivity index (χ2v) is 5.71. The highest BCUT2D eigenvalue weighted by atomic mass is 35.5. The van der Waals surface area contributed by atoms with Gasteiger partial charge in [0.25, 0.3) is 0 Å². The standard InChI is InChI=1S/C14H17ClO2/c1-9-10(8-14(16)4-5-14)7-12(15)13-11(9)3-2-6-17-13/h7,16H,2-6,8H2,1H3. The molecule has 0 atom stereocenters. The Morgan fingerprint density at radius 2 is 2.24 bits per heavy atom. The van der Waals surface area contributed by atoms with E-state index >= 15 is 0 Å². The molecule has 92 valence electrons. The summed E-state index contributed by atoms with van der Waals surface area (Å²) >= 11 is 6.26. The van der Waals surface area contributed by atoms with Gasteiger partial charge in [-0.3, -0.25) is 0 Å². The van der Waals surface area contributed by atoms with E-state index in [2.05, 4.69) is 6.92 Å². The van der Waals surface area contributed by atoms with Gasteiger partial charge in [-0.1, -0.05) is 11.6 Å². The molecule has 1 heterocycles. The summed E-state index contributed by atoms with van der Waals surface area (Å²) in [5, 5.41) is 10.7. The SMILES string of the molecule is Cc1c(CC2(O)CC2)cc(Cl)c2c1CCCO2. The fraction of sp³-hybridized carbons (Fsp3) is 0.571. The monoisotopic (exact) mass is 252 g/mol. The molecule has 0 radical (unpaired) electrons. The zero-order chi connectivity index (χ0) is 12.0. The lowest BCUT2D eigenvalue weighted by atomic mass is 9.93. The van der Waals surface area contributed by atoms with Gasteiger partial charge in [0, 0.05) is 6.42 Å². The van der Waals surface area contributed by atoms with Crippen LogP contribution in [-0.2, 0) is 12.8 Å². The lowest BCUT2D eigenvalue weighted by Gasteiger charge is -2.23. The van der Waals surface area contributed by atoms with Gasteiger partial charge < -0.3 is 9.84 Å². The van der Waals surface area contributed by atoms with Crippen molar-refractivity contribution in [3.05, 3.63) is 27.8 Å². The van der Waals surface area contributed by atoms with Crippen LogP contribution in [0.15, 0.2) is 6.07 Å². The van der Waals surface area contributed by atoms with Gasteiger partial charge in [-0.2, -0.15) is 0 Å². The average Bonchev–Trinajstić information content (AvgIpc) is 3.04. The maximum absolute atomic E-state index is 10.0. The van der Waals surface area contributed by atoms with Crippen LogP contribution in [0.2, 0.25) is 5.02 Å². The van der Waals surface area contributed by atoms with Gasteiger partial charge in [0.1, 0.15) is 5.75 Å². The molecule has 1 aliphatic heterocycles. The van der Waals surface area contributed by atoms with Crippen molar-refractivity contribution in [2.45, 2.75) is 44.6 Å². The minimum atomic E-state index is -0.460. The zero-order valence-corrected chi connectivity index (χ0v) is 10.8. The van der Waals surface area contributed by atoms with Crippen LogP contribution in [0, 0.1) is 6.92 Å². The van der Waals surface area contributed by atoms with Gasteiger partial charge in [0.05, 0.1) is 17.2 Å². The Kier molecular flexibility index (Phi) is 2.60. The van der Waals surface area contributed by atoms with Crippen LogP contribution in [0.1, 0.15) is 36.0 Å². The van der Waals surface area contributed by atoms with Crippen molar-refractivity contribution >= 4 is 11.6 Å². The molecule has 0 bridgehead atoms. The molecule has 1 fully saturated rings. The van der Waals surface area contributed by atoms with E-state index < -0.39 is 5.60 Å². The first-order valence-electron chi connectivity index (χ1n) is 6.25. The number of rotatable bonds is 2. The van der Waals surface area contributed by atoms with Gasteiger partial charge in [0.15, 0.2) is 0 Å². The molecule has 2 aliphatic rings. The molecule has 1 aromatic carbocycles. The number of aliphatic hydroxyl groups is 1. The summed E-state index contributed by atoms with van der Waals surface area (Å²) in [5.74, 6) is 0.863. The molecule has 0 unspecified atom stereocenters. The predicted molar refractivity (Wildman–Crippen MR) is 67.9 cm³/mol. The molecule has 17 heavy (non-hydrogen) atoms. The van der Waals surface area contributed by atoms with E-state index in [0.29, 0.717) is 5.02 Å². The molecule has 1 saturated carbocycles. The Morgan fingerprint density at radius 3 is 2.94 bits per heavy atom. The van der Waals surface area contributed by atoms with Crippen molar-refractivity contribution in [2.75, 3.05) is 6.61 Å². The fourth-order valence-corrected chi connectivity index (χ4v) is 2.87. The highest BCUT2D eigenvalue weighted by Gasteiger charge is 2.40. The maximum atomic E-state index is 10.0. The Balaban J connectivity index is 2.01. The Bertz CT molecular complexity index is 464. The second-order valence-electron chi connectivity index (χ2n) is 5.30. The average molecular weight is 253 g/mol. The van der Waals surface area contributed by atoms with Crippen molar-refractivity contribution in [3.8, 4) is 5.75 Å². The molecular weight excluding hydrogens is 236 g/mol. The second kappa shape index (κ2) is 3.89. The van der Waals surface area contributed by atoms with E-state index in [0.717, 1.165) is 44.5 Å². The number of hydrogen-bond donors (Lipinski definition) is 1. The van der Waals surface area contributed by atoms with Crippen LogP contribution < -0.4 is 4.74 Å². The summed E-state index contributed by atoms with van der Waals surface area (Å²) in [6, 6.07) is 1.97. The van der Waals surface area contributed by atoms with Crippen molar-refractivity contribution in [2.24, 2.45) is 0 Å². The van der Waals surface area contributed by atoms with Crippen molar-refractivity contribution < 1.29 is 9.84 Å². The smallest absolute Gasteiger partial charge is 0.141 e. The largest absolute Gasteiger partial charge is 0.492 e. The predicted octanol–water partition coefficient (Wildman–Crippen LogP) is 3.04. The molecular formula is C14H17ClO2.